The van der Waals surface area contributed by atoms with Crippen LogP contribution >= 0.6 is 34.5 Å². The predicted octanol–water partition coefficient (Wildman–Crippen LogP) is 4.38. The van der Waals surface area contributed by atoms with Crippen molar-refractivity contribution >= 4 is 73.7 Å². The van der Waals surface area contributed by atoms with Crippen LogP contribution in [-0.2, 0) is 10.0 Å². The minimum absolute atomic E-state index is 0.0865. The maximum Gasteiger partial charge on any atom is 0.333 e. The van der Waals surface area contributed by atoms with Gasteiger partial charge in [0.1, 0.15) is 16.2 Å². The second-order valence-electron chi connectivity index (χ2n) is 6.71. The Balaban J connectivity index is 1.47. The van der Waals surface area contributed by atoms with Crippen LogP contribution in [0.15, 0.2) is 52.9 Å². The maximum atomic E-state index is 13.0. The molecule has 1 aliphatic heterocycles. The van der Waals surface area contributed by atoms with Gasteiger partial charge in [-0.15, -0.1) is 11.3 Å². The van der Waals surface area contributed by atoms with E-state index in [4.69, 9.17) is 23.2 Å². The van der Waals surface area contributed by atoms with Crippen molar-refractivity contribution in [2.75, 3.05) is 15.5 Å². The van der Waals surface area contributed by atoms with Gasteiger partial charge in [0.2, 0.25) is 0 Å². The standard InChI is InChI=1S/C19H15Cl2N5O4S2/c1-10-23-14-4-2-11(20)8-13(14)18(27)26(10)16-6-3-12(9-22-16)24-19(28)25-32(29,30)17-7-5-15(21)31-17/h2-10,23H,1H3,(H2,24,25,28). The van der Waals surface area contributed by atoms with E-state index >= 15 is 0 Å². The zero-order chi connectivity index (χ0) is 23.0. The molecule has 1 aromatic carbocycles. The number of aromatic nitrogens is 1. The molecule has 3 aromatic rings. The summed E-state index contributed by atoms with van der Waals surface area (Å²) in [5.74, 6) is 0.0628. The lowest BCUT2D eigenvalue weighted by atomic mass is 10.1. The van der Waals surface area contributed by atoms with Crippen LogP contribution in [0, 0.1) is 0 Å². The number of hydrogen-bond acceptors (Lipinski definition) is 7. The van der Waals surface area contributed by atoms with Crippen molar-refractivity contribution in [3.63, 3.8) is 0 Å². The molecular weight excluding hydrogens is 497 g/mol. The molecule has 9 nitrogen and oxygen atoms in total. The highest BCUT2D eigenvalue weighted by molar-refractivity contribution is 7.92. The first kappa shape index (κ1) is 22.3. The van der Waals surface area contributed by atoms with E-state index < -0.39 is 16.1 Å². The molecule has 1 atom stereocenters. The molecule has 0 fully saturated rings. The number of amides is 3. The number of carbonyl (C=O) groups is 2. The number of carbonyl (C=O) groups excluding carboxylic acids is 2. The summed E-state index contributed by atoms with van der Waals surface area (Å²) in [4.78, 5) is 30.8. The van der Waals surface area contributed by atoms with Crippen molar-refractivity contribution in [2.24, 2.45) is 0 Å². The quantitative estimate of drug-likeness (QED) is 0.477. The molecule has 3 heterocycles. The highest BCUT2D eigenvalue weighted by Gasteiger charge is 2.31. The molecule has 0 saturated carbocycles. The van der Waals surface area contributed by atoms with E-state index in [0.29, 0.717) is 22.1 Å². The van der Waals surface area contributed by atoms with Gasteiger partial charge in [-0.3, -0.25) is 9.69 Å². The van der Waals surface area contributed by atoms with Gasteiger partial charge in [-0.1, -0.05) is 23.2 Å². The van der Waals surface area contributed by atoms with Gasteiger partial charge in [0.05, 0.1) is 21.8 Å². The first-order chi connectivity index (χ1) is 15.1. The van der Waals surface area contributed by atoms with Crippen LogP contribution < -0.4 is 20.3 Å². The van der Waals surface area contributed by atoms with Crippen LogP contribution in [0.5, 0.6) is 0 Å². The van der Waals surface area contributed by atoms with Crippen LogP contribution in [0.25, 0.3) is 0 Å². The van der Waals surface area contributed by atoms with Gasteiger partial charge < -0.3 is 10.6 Å². The van der Waals surface area contributed by atoms with E-state index in [2.05, 4.69) is 15.6 Å². The molecule has 3 N–H and O–H groups in total. The average molecular weight is 512 g/mol. The number of sulfonamides is 1. The molecular formula is C19H15Cl2N5O4S2. The molecule has 1 unspecified atom stereocenters. The number of hydrogen-bond donors (Lipinski definition) is 3. The molecule has 166 valence electrons. The Morgan fingerprint density at radius 3 is 2.62 bits per heavy atom. The van der Waals surface area contributed by atoms with Crippen LogP contribution in [0.4, 0.5) is 22.0 Å². The lowest BCUT2D eigenvalue weighted by Crippen LogP contribution is -2.47. The van der Waals surface area contributed by atoms with Crippen LogP contribution in [0.2, 0.25) is 9.36 Å². The van der Waals surface area contributed by atoms with Crippen molar-refractivity contribution in [2.45, 2.75) is 17.3 Å². The summed E-state index contributed by atoms with van der Waals surface area (Å²) in [5.41, 5.74) is 1.32. The Hall–Kier alpha value is -2.86. The fourth-order valence-electron chi connectivity index (χ4n) is 3.09. The van der Waals surface area contributed by atoms with Gasteiger partial charge in [0.25, 0.3) is 15.9 Å². The normalized spacial score (nSPS) is 15.7. The summed E-state index contributed by atoms with van der Waals surface area (Å²) in [6, 6.07) is 9.81. The number of fused-ring (bicyclic) bond motifs is 1. The summed E-state index contributed by atoms with van der Waals surface area (Å²) in [6.07, 6.45) is 0.936. The van der Waals surface area contributed by atoms with Crippen molar-refractivity contribution in [1.29, 1.82) is 0 Å². The number of benzene rings is 1. The zero-order valence-corrected chi connectivity index (χ0v) is 19.4. The van der Waals surface area contributed by atoms with Gasteiger partial charge >= 0.3 is 6.03 Å². The molecule has 0 aliphatic carbocycles. The second kappa shape index (κ2) is 8.58. The van der Waals surface area contributed by atoms with Gasteiger partial charge in [-0.25, -0.2) is 22.9 Å². The second-order valence-corrected chi connectivity index (χ2v) is 10.8. The largest absolute Gasteiger partial charge is 0.364 e. The first-order valence-electron chi connectivity index (χ1n) is 9.09. The van der Waals surface area contributed by atoms with Crippen LogP contribution in [0.1, 0.15) is 17.3 Å². The molecule has 32 heavy (non-hydrogen) atoms. The summed E-state index contributed by atoms with van der Waals surface area (Å²) in [5, 5.41) is 6.04. The summed E-state index contributed by atoms with van der Waals surface area (Å²) >= 11 is 12.6. The number of halogens is 2. The van der Waals surface area contributed by atoms with Gasteiger partial charge in [0.15, 0.2) is 0 Å². The van der Waals surface area contributed by atoms with E-state index in [1.54, 1.807) is 25.1 Å². The minimum Gasteiger partial charge on any atom is -0.364 e. The molecule has 0 saturated heterocycles. The lowest BCUT2D eigenvalue weighted by Gasteiger charge is -2.35. The first-order valence-corrected chi connectivity index (χ1v) is 12.1. The third kappa shape index (κ3) is 4.51. The number of nitrogens with zero attached hydrogens (tertiary/aromatic N) is 2. The highest BCUT2D eigenvalue weighted by Crippen LogP contribution is 2.31. The number of urea groups is 1. The topological polar surface area (TPSA) is 120 Å². The van der Waals surface area contributed by atoms with Crippen molar-refractivity contribution in [3.05, 3.63) is 63.6 Å². The summed E-state index contributed by atoms with van der Waals surface area (Å²) < 4.78 is 26.5. The average Bonchev–Trinajstić information content (AvgIpc) is 3.17. The molecule has 0 bridgehead atoms. The number of thiophene rings is 1. The molecule has 0 radical (unpaired) electrons. The monoisotopic (exact) mass is 511 g/mol. The predicted molar refractivity (Wildman–Crippen MR) is 124 cm³/mol. The summed E-state index contributed by atoms with van der Waals surface area (Å²) in [6.45, 7) is 1.80. The molecule has 13 heteroatoms. The minimum atomic E-state index is -4.05. The Morgan fingerprint density at radius 2 is 1.97 bits per heavy atom. The third-order valence-corrected chi connectivity index (χ3v) is 7.76. The van der Waals surface area contributed by atoms with Gasteiger partial charge in [-0.05, 0) is 49.4 Å². The zero-order valence-electron chi connectivity index (χ0n) is 16.3. The molecule has 0 spiro atoms. The third-order valence-electron chi connectivity index (χ3n) is 4.48. The Bertz CT molecular complexity index is 1310. The SMILES string of the molecule is CC1Nc2ccc(Cl)cc2C(=O)N1c1ccc(NC(=O)NS(=O)(=O)c2ccc(Cl)s2)cn1. The molecule has 2 aromatic heterocycles. The van der Waals surface area contributed by atoms with Gasteiger partial charge in [-0.2, -0.15) is 0 Å². The maximum absolute atomic E-state index is 13.0. The summed E-state index contributed by atoms with van der Waals surface area (Å²) in [7, 11) is -4.05. The lowest BCUT2D eigenvalue weighted by molar-refractivity contribution is 0.0976. The van der Waals surface area contributed by atoms with Crippen molar-refractivity contribution < 1.29 is 18.0 Å². The van der Waals surface area contributed by atoms with Crippen molar-refractivity contribution in [3.8, 4) is 0 Å². The van der Waals surface area contributed by atoms with E-state index in [-0.39, 0.29) is 26.3 Å². The Kier molecular flexibility index (Phi) is 5.99. The van der Waals surface area contributed by atoms with E-state index in [1.165, 1.54) is 35.4 Å². The fraction of sp³-hybridized carbons (Fsp3) is 0.105. The van der Waals surface area contributed by atoms with Crippen molar-refractivity contribution in [1.82, 2.24) is 9.71 Å². The van der Waals surface area contributed by atoms with E-state index in [9.17, 15) is 18.0 Å². The van der Waals surface area contributed by atoms with Gasteiger partial charge in [0, 0.05) is 10.7 Å². The smallest absolute Gasteiger partial charge is 0.333 e. The van der Waals surface area contributed by atoms with E-state index in [0.717, 1.165) is 11.3 Å². The fourth-order valence-corrected chi connectivity index (χ4v) is 5.65. The van der Waals surface area contributed by atoms with Crippen LogP contribution in [0.3, 0.4) is 0 Å². The number of nitrogens with one attached hydrogen (secondary N) is 3. The van der Waals surface area contributed by atoms with Crippen LogP contribution in [-0.4, -0.2) is 31.5 Å². The Labute approximate surface area is 197 Å². The van der Waals surface area contributed by atoms with E-state index in [1.807, 2.05) is 4.72 Å². The Morgan fingerprint density at radius 1 is 1.19 bits per heavy atom. The molecule has 1 aliphatic rings. The highest BCUT2D eigenvalue weighted by atomic mass is 35.5. The number of pyridine rings is 1. The molecule has 3 amide bonds. The number of rotatable bonds is 4. The number of anilines is 3. The molecule has 4 rings (SSSR count).